The van der Waals surface area contributed by atoms with Crippen LogP contribution in [-0.2, 0) is 4.79 Å². The minimum atomic E-state index is -0.781. The molecule has 7 heteroatoms. The summed E-state index contributed by atoms with van der Waals surface area (Å²) in [5, 5.41) is 3.33. The lowest BCUT2D eigenvalue weighted by molar-refractivity contribution is -0.136. The van der Waals surface area contributed by atoms with E-state index in [0.717, 1.165) is 11.1 Å². The highest BCUT2D eigenvalue weighted by Crippen LogP contribution is 2.22. The SMILES string of the molecule is Cc1ccccc1OCC(=O)Oc1ccc2cc(C(=O)NC(C)c3ccccc3)c(=O)oc2c1. The van der Waals surface area contributed by atoms with Gasteiger partial charge in [0, 0.05) is 11.5 Å². The van der Waals surface area contributed by atoms with Crippen molar-refractivity contribution in [1.82, 2.24) is 5.32 Å². The molecule has 0 saturated carbocycles. The zero-order valence-electron chi connectivity index (χ0n) is 18.7. The Bertz CT molecular complexity index is 1390. The summed E-state index contributed by atoms with van der Waals surface area (Å²) in [4.78, 5) is 37.3. The number of fused-ring (bicyclic) bond motifs is 1. The molecular weight excluding hydrogens is 434 g/mol. The number of carbonyl (C=O) groups is 2. The van der Waals surface area contributed by atoms with E-state index in [1.165, 1.54) is 12.1 Å². The molecule has 0 aliphatic carbocycles. The maximum absolute atomic E-state index is 12.7. The van der Waals surface area contributed by atoms with Crippen LogP contribution in [-0.4, -0.2) is 18.5 Å². The van der Waals surface area contributed by atoms with Crippen LogP contribution < -0.4 is 20.4 Å². The van der Waals surface area contributed by atoms with Crippen LogP contribution in [0.1, 0.15) is 34.5 Å². The van der Waals surface area contributed by atoms with Crippen molar-refractivity contribution in [2.45, 2.75) is 19.9 Å². The van der Waals surface area contributed by atoms with E-state index in [0.29, 0.717) is 11.1 Å². The summed E-state index contributed by atoms with van der Waals surface area (Å²) >= 11 is 0. The smallest absolute Gasteiger partial charge is 0.349 e. The van der Waals surface area contributed by atoms with Crippen molar-refractivity contribution < 1.29 is 23.5 Å². The third-order valence-electron chi connectivity index (χ3n) is 5.27. The number of benzene rings is 3. The molecular formula is C27H23NO6. The molecule has 3 aromatic carbocycles. The van der Waals surface area contributed by atoms with E-state index in [2.05, 4.69) is 5.32 Å². The number of nitrogens with one attached hydrogen (secondary N) is 1. The first-order valence-electron chi connectivity index (χ1n) is 10.7. The summed E-state index contributed by atoms with van der Waals surface area (Å²) in [6, 6.07) is 22.5. The average molecular weight is 457 g/mol. The Morgan fingerprint density at radius 1 is 0.971 bits per heavy atom. The van der Waals surface area contributed by atoms with Gasteiger partial charge in [0.25, 0.3) is 5.91 Å². The van der Waals surface area contributed by atoms with Crippen molar-refractivity contribution in [1.29, 1.82) is 0 Å². The van der Waals surface area contributed by atoms with E-state index in [1.54, 1.807) is 18.2 Å². The fraction of sp³-hybridized carbons (Fsp3) is 0.148. The van der Waals surface area contributed by atoms with Gasteiger partial charge in [-0.1, -0.05) is 48.5 Å². The first kappa shape index (κ1) is 22.8. The maximum Gasteiger partial charge on any atom is 0.349 e. The lowest BCUT2D eigenvalue weighted by Gasteiger charge is -2.14. The van der Waals surface area contributed by atoms with Gasteiger partial charge in [0.2, 0.25) is 0 Å². The Labute approximate surface area is 195 Å². The molecule has 0 bridgehead atoms. The van der Waals surface area contributed by atoms with Crippen LogP contribution in [0.25, 0.3) is 11.0 Å². The second-order valence-electron chi connectivity index (χ2n) is 7.78. The highest BCUT2D eigenvalue weighted by Gasteiger charge is 2.17. The van der Waals surface area contributed by atoms with Crippen LogP contribution in [0.15, 0.2) is 88.1 Å². The first-order valence-corrected chi connectivity index (χ1v) is 10.7. The molecule has 34 heavy (non-hydrogen) atoms. The highest BCUT2D eigenvalue weighted by molar-refractivity contribution is 5.97. The summed E-state index contributed by atoms with van der Waals surface area (Å²) < 4.78 is 16.1. The largest absolute Gasteiger partial charge is 0.482 e. The van der Waals surface area contributed by atoms with E-state index in [-0.39, 0.29) is 29.5 Å². The van der Waals surface area contributed by atoms with Crippen LogP contribution in [0.3, 0.4) is 0 Å². The Hall–Kier alpha value is -4.39. The highest BCUT2D eigenvalue weighted by atomic mass is 16.6. The summed E-state index contributed by atoms with van der Waals surface area (Å²) in [6.07, 6.45) is 0. The van der Waals surface area contributed by atoms with Gasteiger partial charge < -0.3 is 19.2 Å². The Morgan fingerprint density at radius 2 is 1.71 bits per heavy atom. The van der Waals surface area contributed by atoms with Crippen LogP contribution in [0.4, 0.5) is 0 Å². The Kier molecular flexibility index (Phi) is 6.73. The predicted molar refractivity (Wildman–Crippen MR) is 127 cm³/mol. The van der Waals surface area contributed by atoms with Crippen LogP contribution in [0, 0.1) is 6.92 Å². The molecule has 172 valence electrons. The molecule has 0 radical (unpaired) electrons. The van der Waals surface area contributed by atoms with Gasteiger partial charge in [0.05, 0.1) is 6.04 Å². The molecule has 1 heterocycles. The second kappa shape index (κ2) is 10.0. The number of carbonyl (C=O) groups excluding carboxylic acids is 2. The van der Waals surface area contributed by atoms with E-state index in [9.17, 15) is 14.4 Å². The average Bonchev–Trinajstić information content (AvgIpc) is 2.83. The second-order valence-corrected chi connectivity index (χ2v) is 7.78. The topological polar surface area (TPSA) is 94.8 Å². The van der Waals surface area contributed by atoms with E-state index in [4.69, 9.17) is 13.9 Å². The molecule has 1 atom stereocenters. The monoisotopic (exact) mass is 457 g/mol. The fourth-order valence-electron chi connectivity index (χ4n) is 3.43. The van der Waals surface area contributed by atoms with Gasteiger partial charge in [-0.2, -0.15) is 0 Å². The predicted octanol–water partition coefficient (Wildman–Crippen LogP) is 4.58. The van der Waals surface area contributed by atoms with Crippen molar-refractivity contribution in [2.75, 3.05) is 6.61 Å². The molecule has 0 aliphatic heterocycles. The molecule has 0 spiro atoms. The molecule has 4 rings (SSSR count). The minimum absolute atomic E-state index is 0.105. The van der Waals surface area contributed by atoms with Crippen LogP contribution >= 0.6 is 0 Å². The van der Waals surface area contributed by atoms with Gasteiger partial charge in [0.1, 0.15) is 22.6 Å². The number of rotatable bonds is 7. The molecule has 1 aromatic heterocycles. The van der Waals surface area contributed by atoms with Gasteiger partial charge in [-0.25, -0.2) is 9.59 Å². The summed E-state index contributed by atoms with van der Waals surface area (Å²) in [5.74, 6) is -0.341. The number of esters is 1. The normalized spacial score (nSPS) is 11.6. The number of amides is 1. The van der Waals surface area contributed by atoms with Gasteiger partial charge >= 0.3 is 11.6 Å². The third-order valence-corrected chi connectivity index (χ3v) is 5.27. The number of ether oxygens (including phenoxy) is 2. The molecule has 4 aromatic rings. The first-order chi connectivity index (χ1) is 16.4. The van der Waals surface area contributed by atoms with Gasteiger partial charge in [-0.3, -0.25) is 4.79 Å². The third kappa shape index (κ3) is 5.32. The van der Waals surface area contributed by atoms with Crippen molar-refractivity contribution in [2.24, 2.45) is 0 Å². The molecule has 0 aliphatic rings. The zero-order valence-corrected chi connectivity index (χ0v) is 18.7. The van der Waals surface area contributed by atoms with E-state index >= 15 is 0 Å². The quantitative estimate of drug-likeness (QED) is 0.248. The summed E-state index contributed by atoms with van der Waals surface area (Å²) in [7, 11) is 0. The van der Waals surface area contributed by atoms with Crippen LogP contribution in [0.2, 0.25) is 0 Å². The minimum Gasteiger partial charge on any atom is -0.482 e. The van der Waals surface area contributed by atoms with Gasteiger partial charge in [-0.15, -0.1) is 0 Å². The maximum atomic E-state index is 12.7. The number of para-hydroxylation sites is 1. The fourth-order valence-corrected chi connectivity index (χ4v) is 3.43. The molecule has 1 N–H and O–H groups in total. The van der Waals surface area contributed by atoms with Crippen molar-refractivity contribution in [3.05, 3.63) is 106 Å². The zero-order chi connectivity index (χ0) is 24.1. The molecule has 7 nitrogen and oxygen atoms in total. The summed E-state index contributed by atoms with van der Waals surface area (Å²) in [6.45, 7) is 3.44. The number of hydrogen-bond donors (Lipinski definition) is 1. The standard InChI is InChI=1S/C27H23NO6/c1-17-8-6-7-11-23(17)32-16-25(29)33-21-13-12-20-14-22(27(31)34-24(20)15-21)26(30)28-18(2)19-9-4-3-5-10-19/h3-15,18H,16H2,1-2H3,(H,28,30). The van der Waals surface area contributed by atoms with E-state index in [1.807, 2.05) is 62.4 Å². The summed E-state index contributed by atoms with van der Waals surface area (Å²) in [5.41, 5.74) is 1.13. The molecule has 0 saturated heterocycles. The lowest BCUT2D eigenvalue weighted by Crippen LogP contribution is -2.30. The number of hydrogen-bond acceptors (Lipinski definition) is 6. The van der Waals surface area contributed by atoms with Crippen LogP contribution in [0.5, 0.6) is 11.5 Å². The van der Waals surface area contributed by atoms with Crippen molar-refractivity contribution >= 4 is 22.8 Å². The molecule has 1 unspecified atom stereocenters. The Balaban J connectivity index is 1.45. The molecule has 0 fully saturated rings. The van der Waals surface area contributed by atoms with Crippen molar-refractivity contribution in [3.8, 4) is 11.5 Å². The van der Waals surface area contributed by atoms with Gasteiger partial charge in [-0.05, 0) is 49.2 Å². The van der Waals surface area contributed by atoms with Crippen molar-refractivity contribution in [3.63, 3.8) is 0 Å². The molecule has 1 amide bonds. The number of aryl methyl sites for hydroxylation is 1. The van der Waals surface area contributed by atoms with E-state index < -0.39 is 17.5 Å². The Morgan fingerprint density at radius 3 is 2.47 bits per heavy atom. The van der Waals surface area contributed by atoms with Gasteiger partial charge in [0.15, 0.2) is 6.61 Å². The lowest BCUT2D eigenvalue weighted by atomic mass is 10.1.